The fourth-order valence-corrected chi connectivity index (χ4v) is 5.57. The summed E-state index contributed by atoms with van der Waals surface area (Å²) in [5.74, 6) is 0.695. The highest BCUT2D eigenvalue weighted by Gasteiger charge is 2.26. The second-order valence-electron chi connectivity index (χ2n) is 8.43. The summed E-state index contributed by atoms with van der Waals surface area (Å²) in [5.41, 5.74) is 2.60. The predicted molar refractivity (Wildman–Crippen MR) is 117 cm³/mol. The Bertz CT molecular complexity index is 1030. The lowest BCUT2D eigenvalue weighted by atomic mass is 9.90. The van der Waals surface area contributed by atoms with Crippen LogP contribution in [0.5, 0.6) is 0 Å². The third kappa shape index (κ3) is 3.93. The molecule has 158 valence electrons. The highest BCUT2D eigenvalue weighted by molar-refractivity contribution is 7.15. The quantitative estimate of drug-likeness (QED) is 0.631. The molecule has 0 bridgehead atoms. The number of benzene rings is 1. The summed E-state index contributed by atoms with van der Waals surface area (Å²) in [4.78, 5) is 17.0. The Hall–Kier alpha value is -2.48. The molecule has 1 saturated carbocycles. The first kappa shape index (κ1) is 19.5. The predicted octanol–water partition coefficient (Wildman–Crippen LogP) is 3.93. The average molecular weight is 426 g/mol. The summed E-state index contributed by atoms with van der Waals surface area (Å²) in [5, 5.41) is 16.2. The summed E-state index contributed by atoms with van der Waals surface area (Å²) in [6.45, 7) is 5.02. The second kappa shape index (κ2) is 8.34. The number of aromatic nitrogens is 3. The molecule has 1 aliphatic carbocycles. The Morgan fingerprint density at radius 2 is 1.93 bits per heavy atom. The molecule has 1 saturated heterocycles. The largest absolute Gasteiger partial charge is 0.356 e. The molecular formula is C22H27N5O2S. The van der Waals surface area contributed by atoms with E-state index in [1.165, 1.54) is 37.1 Å². The number of hydrogen-bond donors (Lipinski definition) is 0. The number of carbonyl (C=O) groups excluding carboxylic acids is 1. The highest BCUT2D eigenvalue weighted by atomic mass is 32.1. The van der Waals surface area contributed by atoms with Gasteiger partial charge in [-0.1, -0.05) is 47.4 Å². The molecule has 3 heterocycles. The molecule has 1 amide bonds. The number of hydrogen-bond acceptors (Lipinski definition) is 7. The van der Waals surface area contributed by atoms with Gasteiger partial charge in [-0.25, -0.2) is 0 Å². The number of anilines is 1. The molecule has 3 aromatic rings. The molecule has 0 N–H and O–H groups in total. The molecule has 0 unspecified atom stereocenters. The van der Waals surface area contributed by atoms with Crippen molar-refractivity contribution in [2.24, 2.45) is 0 Å². The van der Waals surface area contributed by atoms with Crippen LogP contribution in [0.25, 0.3) is 11.0 Å². The Labute approximate surface area is 180 Å². The van der Waals surface area contributed by atoms with Crippen LogP contribution in [0.1, 0.15) is 54.3 Å². The van der Waals surface area contributed by atoms with Gasteiger partial charge < -0.3 is 14.3 Å². The van der Waals surface area contributed by atoms with Crippen molar-refractivity contribution >= 4 is 33.3 Å². The van der Waals surface area contributed by atoms with Crippen LogP contribution < -0.4 is 4.90 Å². The maximum Gasteiger partial charge on any atom is 0.228 e. The van der Waals surface area contributed by atoms with Gasteiger partial charge in [0, 0.05) is 37.5 Å². The number of piperazine rings is 1. The maximum atomic E-state index is 12.8. The summed E-state index contributed by atoms with van der Waals surface area (Å²) >= 11 is 1.74. The van der Waals surface area contributed by atoms with Crippen molar-refractivity contribution in [2.45, 2.75) is 51.4 Å². The van der Waals surface area contributed by atoms with Crippen LogP contribution >= 0.6 is 11.3 Å². The zero-order valence-corrected chi connectivity index (χ0v) is 18.2. The first-order chi connectivity index (χ1) is 14.7. The monoisotopic (exact) mass is 425 g/mol. The average Bonchev–Trinajstić information content (AvgIpc) is 3.42. The van der Waals surface area contributed by atoms with Gasteiger partial charge in [-0.3, -0.25) is 4.79 Å². The molecule has 2 aliphatic rings. The van der Waals surface area contributed by atoms with Crippen molar-refractivity contribution in [2.75, 3.05) is 31.1 Å². The first-order valence-corrected chi connectivity index (χ1v) is 11.7. The molecule has 0 spiro atoms. The van der Waals surface area contributed by atoms with Crippen LogP contribution in [-0.2, 0) is 11.2 Å². The van der Waals surface area contributed by atoms with Gasteiger partial charge in [0.1, 0.15) is 10.7 Å². The summed E-state index contributed by atoms with van der Waals surface area (Å²) in [7, 11) is 0. The van der Waals surface area contributed by atoms with Crippen LogP contribution in [0.2, 0.25) is 0 Å². The zero-order valence-electron chi connectivity index (χ0n) is 17.3. The van der Waals surface area contributed by atoms with E-state index in [9.17, 15) is 4.79 Å². The fraction of sp³-hybridized carbons (Fsp3) is 0.545. The van der Waals surface area contributed by atoms with Crippen molar-refractivity contribution in [3.05, 3.63) is 34.5 Å². The minimum Gasteiger partial charge on any atom is -0.356 e. The summed E-state index contributed by atoms with van der Waals surface area (Å²) in [6, 6.07) is 5.94. The van der Waals surface area contributed by atoms with E-state index in [0.717, 1.165) is 40.4 Å². The summed E-state index contributed by atoms with van der Waals surface area (Å²) in [6.07, 6.45) is 6.73. The van der Waals surface area contributed by atoms with Gasteiger partial charge >= 0.3 is 0 Å². The maximum absolute atomic E-state index is 12.8. The third-order valence-electron chi connectivity index (χ3n) is 6.31. The van der Waals surface area contributed by atoms with E-state index in [-0.39, 0.29) is 12.3 Å². The highest BCUT2D eigenvalue weighted by Crippen LogP contribution is 2.36. The molecule has 30 heavy (non-hydrogen) atoms. The molecule has 5 rings (SSSR count). The number of fused-ring (bicyclic) bond motifs is 1. The molecule has 1 aromatic carbocycles. The lowest BCUT2D eigenvalue weighted by Crippen LogP contribution is -2.49. The molecule has 2 fully saturated rings. The molecule has 8 heteroatoms. The van der Waals surface area contributed by atoms with Gasteiger partial charge in [0.05, 0.1) is 6.42 Å². The Kier molecular flexibility index (Phi) is 5.41. The summed E-state index contributed by atoms with van der Waals surface area (Å²) < 4.78 is 5.38. The normalized spacial score (nSPS) is 18.3. The molecule has 0 radical (unpaired) electrons. The van der Waals surface area contributed by atoms with Crippen molar-refractivity contribution < 1.29 is 9.32 Å². The minimum atomic E-state index is 0.103. The lowest BCUT2D eigenvalue weighted by Gasteiger charge is -2.34. The van der Waals surface area contributed by atoms with Crippen molar-refractivity contribution in [1.29, 1.82) is 0 Å². The topological polar surface area (TPSA) is 75.4 Å². The molecular weight excluding hydrogens is 398 g/mol. The first-order valence-electron chi connectivity index (χ1n) is 10.9. The van der Waals surface area contributed by atoms with Crippen molar-refractivity contribution in [3.63, 3.8) is 0 Å². The van der Waals surface area contributed by atoms with Crippen LogP contribution in [0, 0.1) is 6.92 Å². The SMILES string of the molecule is Cc1ccc2onc(CC(=O)N3CCN(c4nnc(C5CCCCC5)s4)CC3)c2c1. The van der Waals surface area contributed by atoms with Gasteiger partial charge in [0.25, 0.3) is 0 Å². The lowest BCUT2D eigenvalue weighted by molar-refractivity contribution is -0.130. The number of carbonyl (C=O) groups is 1. The molecule has 2 aromatic heterocycles. The van der Waals surface area contributed by atoms with Gasteiger partial charge in [-0.05, 0) is 31.9 Å². The van der Waals surface area contributed by atoms with Crippen LogP contribution in [0.15, 0.2) is 22.7 Å². The smallest absolute Gasteiger partial charge is 0.228 e. The van der Waals surface area contributed by atoms with E-state index in [0.29, 0.717) is 19.0 Å². The van der Waals surface area contributed by atoms with E-state index in [2.05, 4.69) is 20.3 Å². The molecule has 0 atom stereocenters. The molecule has 7 nitrogen and oxygen atoms in total. The zero-order chi connectivity index (χ0) is 20.5. The number of nitrogens with zero attached hydrogens (tertiary/aromatic N) is 5. The standard InChI is InChI=1S/C22H27N5O2S/c1-15-7-8-19-17(13-15)18(25-29-19)14-20(28)26-9-11-27(12-10-26)22-24-23-21(30-22)16-5-3-2-4-6-16/h7-8,13,16H,2-6,9-12,14H2,1H3. The minimum absolute atomic E-state index is 0.103. The Morgan fingerprint density at radius 3 is 2.73 bits per heavy atom. The van der Waals surface area contributed by atoms with E-state index < -0.39 is 0 Å². The van der Waals surface area contributed by atoms with Crippen LogP contribution in [0.3, 0.4) is 0 Å². The van der Waals surface area contributed by atoms with E-state index in [1.54, 1.807) is 11.3 Å². The second-order valence-corrected chi connectivity index (χ2v) is 9.42. The van der Waals surface area contributed by atoms with Gasteiger partial charge in [0.2, 0.25) is 11.0 Å². The van der Waals surface area contributed by atoms with Crippen molar-refractivity contribution in [1.82, 2.24) is 20.3 Å². The van der Waals surface area contributed by atoms with Crippen LogP contribution in [0.4, 0.5) is 5.13 Å². The van der Waals surface area contributed by atoms with E-state index in [1.807, 2.05) is 30.0 Å². The number of rotatable bonds is 4. The van der Waals surface area contributed by atoms with Gasteiger partial charge in [0.15, 0.2) is 5.58 Å². The van der Waals surface area contributed by atoms with Gasteiger partial charge in [-0.15, -0.1) is 10.2 Å². The number of amides is 1. The van der Waals surface area contributed by atoms with E-state index in [4.69, 9.17) is 4.52 Å². The molecule has 1 aliphatic heterocycles. The van der Waals surface area contributed by atoms with Crippen molar-refractivity contribution in [3.8, 4) is 0 Å². The Balaban J connectivity index is 1.19. The van der Waals surface area contributed by atoms with Crippen LogP contribution in [-0.4, -0.2) is 52.3 Å². The van der Waals surface area contributed by atoms with Gasteiger partial charge in [-0.2, -0.15) is 0 Å². The Morgan fingerprint density at radius 1 is 1.13 bits per heavy atom. The van der Waals surface area contributed by atoms with E-state index >= 15 is 0 Å². The fourth-order valence-electron chi connectivity index (χ4n) is 4.50. The number of aryl methyl sites for hydroxylation is 1. The third-order valence-corrected chi connectivity index (χ3v) is 7.45.